The fourth-order valence-corrected chi connectivity index (χ4v) is 2.74. The van der Waals surface area contributed by atoms with Crippen LogP contribution >= 0.6 is 0 Å². The van der Waals surface area contributed by atoms with Gasteiger partial charge in [0.2, 0.25) is 5.91 Å². The van der Waals surface area contributed by atoms with Crippen LogP contribution < -0.4 is 9.64 Å². The Morgan fingerprint density at radius 1 is 1.17 bits per heavy atom. The summed E-state index contributed by atoms with van der Waals surface area (Å²) in [5.74, 6) is -0.126. The van der Waals surface area contributed by atoms with Gasteiger partial charge in [0, 0.05) is 18.6 Å². The summed E-state index contributed by atoms with van der Waals surface area (Å²) in [7, 11) is 0. The Balaban J connectivity index is 2.11. The van der Waals surface area contributed by atoms with E-state index in [9.17, 15) is 20.1 Å². The number of anilines is 1. The number of rotatable bonds is 2. The molecule has 6 nitrogen and oxygen atoms in total. The number of hydrogen-bond acceptors (Lipinski definition) is 5. The number of phenols is 3. The first kappa shape index (κ1) is 15.0. The highest BCUT2D eigenvalue weighted by molar-refractivity contribution is 5.98. The molecule has 120 valence electrons. The van der Waals surface area contributed by atoms with Crippen LogP contribution in [-0.4, -0.2) is 27.8 Å². The van der Waals surface area contributed by atoms with Crippen molar-refractivity contribution in [3.8, 4) is 23.0 Å². The maximum Gasteiger partial charge on any atom is 0.227 e. The number of carbonyl (C=O) groups is 1. The first-order valence-electron chi connectivity index (χ1n) is 7.31. The van der Waals surface area contributed by atoms with Gasteiger partial charge in [-0.25, -0.2) is 0 Å². The predicted molar refractivity (Wildman–Crippen MR) is 83.9 cm³/mol. The van der Waals surface area contributed by atoms with E-state index in [1.165, 1.54) is 29.2 Å². The average molecular weight is 315 g/mol. The van der Waals surface area contributed by atoms with E-state index >= 15 is 0 Å². The first-order chi connectivity index (χ1) is 11.0. The summed E-state index contributed by atoms with van der Waals surface area (Å²) in [6, 6.07) is 8.62. The van der Waals surface area contributed by atoms with E-state index in [0.717, 1.165) is 5.56 Å². The van der Waals surface area contributed by atoms with Gasteiger partial charge in [0.25, 0.3) is 0 Å². The minimum Gasteiger partial charge on any atom is -0.508 e. The van der Waals surface area contributed by atoms with E-state index in [1.807, 2.05) is 0 Å². The number of carbonyl (C=O) groups excluding carboxylic acids is 1. The lowest BCUT2D eigenvalue weighted by Crippen LogP contribution is -2.40. The molecule has 0 aromatic heterocycles. The zero-order valence-corrected chi connectivity index (χ0v) is 12.6. The number of benzene rings is 2. The van der Waals surface area contributed by atoms with Gasteiger partial charge in [-0.1, -0.05) is 19.1 Å². The summed E-state index contributed by atoms with van der Waals surface area (Å²) in [6.07, 6.45) is 0.258. The highest BCUT2D eigenvalue weighted by Crippen LogP contribution is 2.47. The zero-order valence-electron chi connectivity index (χ0n) is 12.6. The lowest BCUT2D eigenvalue weighted by atomic mass is 10.0. The van der Waals surface area contributed by atoms with E-state index in [-0.39, 0.29) is 47.6 Å². The van der Waals surface area contributed by atoms with Crippen LogP contribution in [-0.2, 0) is 4.79 Å². The molecule has 0 saturated carbocycles. The second-order valence-corrected chi connectivity index (χ2v) is 5.35. The molecular weight excluding hydrogens is 298 g/mol. The lowest BCUT2D eigenvalue weighted by Gasteiger charge is -2.37. The lowest BCUT2D eigenvalue weighted by molar-refractivity contribution is -0.119. The number of fused-ring (bicyclic) bond motifs is 1. The summed E-state index contributed by atoms with van der Waals surface area (Å²) in [5, 5.41) is 29.2. The third kappa shape index (κ3) is 2.63. The van der Waals surface area contributed by atoms with Gasteiger partial charge in [-0.2, -0.15) is 0 Å². The van der Waals surface area contributed by atoms with Crippen molar-refractivity contribution in [2.75, 3.05) is 11.5 Å². The van der Waals surface area contributed by atoms with Crippen LogP contribution in [0.4, 0.5) is 5.69 Å². The molecule has 0 radical (unpaired) electrons. The van der Waals surface area contributed by atoms with Gasteiger partial charge in [-0.15, -0.1) is 0 Å². The monoisotopic (exact) mass is 315 g/mol. The molecule has 0 spiro atoms. The summed E-state index contributed by atoms with van der Waals surface area (Å²) in [6.45, 7) is 1.93. The standard InChI is InChI=1S/C17H17NO5/c1-2-16(22)18-13(10-3-5-11(19)6-4-10)9-23-15-8-12(20)7-14(21)17(15)18/h3-8,13,19-21H,2,9H2,1H3. The minimum atomic E-state index is -0.425. The molecule has 2 aromatic rings. The van der Waals surface area contributed by atoms with Gasteiger partial charge >= 0.3 is 0 Å². The van der Waals surface area contributed by atoms with E-state index in [0.29, 0.717) is 0 Å². The van der Waals surface area contributed by atoms with Crippen LogP contribution in [0.1, 0.15) is 24.9 Å². The van der Waals surface area contributed by atoms with Gasteiger partial charge in [0.05, 0.1) is 6.04 Å². The van der Waals surface area contributed by atoms with Crippen molar-refractivity contribution in [1.82, 2.24) is 0 Å². The quantitative estimate of drug-likeness (QED) is 0.792. The molecule has 1 aliphatic heterocycles. The smallest absolute Gasteiger partial charge is 0.227 e. The highest BCUT2D eigenvalue weighted by atomic mass is 16.5. The number of nitrogens with zero attached hydrogens (tertiary/aromatic N) is 1. The van der Waals surface area contributed by atoms with Gasteiger partial charge in [-0.05, 0) is 17.7 Å². The largest absolute Gasteiger partial charge is 0.508 e. The van der Waals surface area contributed by atoms with Crippen LogP contribution in [0.3, 0.4) is 0 Å². The van der Waals surface area contributed by atoms with Crippen LogP contribution in [0, 0.1) is 0 Å². The Hall–Kier alpha value is -2.89. The van der Waals surface area contributed by atoms with E-state index in [2.05, 4.69) is 0 Å². The number of aromatic hydroxyl groups is 3. The van der Waals surface area contributed by atoms with Crippen LogP contribution in [0.25, 0.3) is 0 Å². The molecule has 0 aliphatic carbocycles. The van der Waals surface area contributed by atoms with E-state index in [4.69, 9.17) is 4.74 Å². The molecule has 3 rings (SSSR count). The van der Waals surface area contributed by atoms with Gasteiger partial charge in [0.15, 0.2) is 5.75 Å². The maximum atomic E-state index is 12.5. The molecule has 23 heavy (non-hydrogen) atoms. The molecule has 1 heterocycles. The molecule has 1 atom stereocenters. The third-order valence-corrected chi connectivity index (χ3v) is 3.84. The van der Waals surface area contributed by atoms with Crippen molar-refractivity contribution in [3.05, 3.63) is 42.0 Å². The second-order valence-electron chi connectivity index (χ2n) is 5.35. The molecule has 1 aliphatic rings. The van der Waals surface area contributed by atoms with Crippen molar-refractivity contribution in [2.45, 2.75) is 19.4 Å². The Morgan fingerprint density at radius 2 is 1.87 bits per heavy atom. The molecule has 1 amide bonds. The van der Waals surface area contributed by atoms with Crippen LogP contribution in [0.5, 0.6) is 23.0 Å². The number of ether oxygens (including phenoxy) is 1. The van der Waals surface area contributed by atoms with Crippen molar-refractivity contribution >= 4 is 11.6 Å². The van der Waals surface area contributed by atoms with E-state index in [1.54, 1.807) is 19.1 Å². The van der Waals surface area contributed by atoms with E-state index < -0.39 is 6.04 Å². The topological polar surface area (TPSA) is 90.2 Å². The Labute approximate surface area is 133 Å². The predicted octanol–water partition coefficient (Wildman–Crippen LogP) is 2.68. The maximum absolute atomic E-state index is 12.5. The number of amides is 1. The van der Waals surface area contributed by atoms with Crippen molar-refractivity contribution in [2.24, 2.45) is 0 Å². The fraction of sp³-hybridized carbons (Fsp3) is 0.235. The summed E-state index contributed by atoms with van der Waals surface area (Å²) in [5.41, 5.74) is 1.03. The van der Waals surface area contributed by atoms with Crippen molar-refractivity contribution in [1.29, 1.82) is 0 Å². The molecule has 6 heteroatoms. The molecule has 2 aromatic carbocycles. The fourth-order valence-electron chi connectivity index (χ4n) is 2.74. The normalized spacial score (nSPS) is 16.6. The molecule has 0 saturated heterocycles. The molecule has 0 fully saturated rings. The zero-order chi connectivity index (χ0) is 16.6. The number of hydrogen-bond donors (Lipinski definition) is 3. The summed E-state index contributed by atoms with van der Waals surface area (Å²) < 4.78 is 5.63. The average Bonchev–Trinajstić information content (AvgIpc) is 2.53. The Kier molecular flexibility index (Phi) is 3.73. The van der Waals surface area contributed by atoms with Crippen LogP contribution in [0.2, 0.25) is 0 Å². The summed E-state index contributed by atoms with van der Waals surface area (Å²) >= 11 is 0. The Bertz CT molecular complexity index is 741. The van der Waals surface area contributed by atoms with Crippen LogP contribution in [0.15, 0.2) is 36.4 Å². The highest BCUT2D eigenvalue weighted by Gasteiger charge is 2.35. The second kappa shape index (κ2) is 5.72. The van der Waals surface area contributed by atoms with Gasteiger partial charge in [0.1, 0.15) is 29.5 Å². The van der Waals surface area contributed by atoms with Gasteiger partial charge < -0.3 is 20.1 Å². The third-order valence-electron chi connectivity index (χ3n) is 3.84. The SMILES string of the molecule is CCC(=O)N1c2c(O)cc(O)cc2OCC1c1ccc(O)cc1. The minimum absolute atomic E-state index is 0.131. The molecule has 1 unspecified atom stereocenters. The molecular formula is C17H17NO5. The molecule has 3 N–H and O–H groups in total. The Morgan fingerprint density at radius 3 is 2.52 bits per heavy atom. The first-order valence-corrected chi connectivity index (χ1v) is 7.31. The van der Waals surface area contributed by atoms with Crippen molar-refractivity contribution < 1.29 is 24.9 Å². The number of phenolic OH excluding ortho intramolecular Hbond substituents is 3. The van der Waals surface area contributed by atoms with Crippen molar-refractivity contribution in [3.63, 3.8) is 0 Å². The van der Waals surface area contributed by atoms with Gasteiger partial charge in [-0.3, -0.25) is 9.69 Å². The summed E-state index contributed by atoms with van der Waals surface area (Å²) in [4.78, 5) is 14.0. The molecule has 0 bridgehead atoms.